The Balaban J connectivity index is 1.69. The SMILES string of the molecule is Cc1cc([C@@H]2CCCN2C(=O)CN(C)c2cnccn2)no1. The minimum absolute atomic E-state index is 0.0141. The van der Waals surface area contributed by atoms with Crippen LogP contribution in [0.5, 0.6) is 0 Å². The van der Waals surface area contributed by atoms with Gasteiger partial charge in [-0.3, -0.25) is 9.78 Å². The predicted octanol–water partition coefficient (Wildman–Crippen LogP) is 1.57. The molecule has 0 aliphatic carbocycles. The number of rotatable bonds is 4. The number of amides is 1. The maximum Gasteiger partial charge on any atom is 0.242 e. The van der Waals surface area contributed by atoms with Crippen molar-refractivity contribution in [2.75, 3.05) is 25.0 Å². The summed E-state index contributed by atoms with van der Waals surface area (Å²) in [5, 5.41) is 4.06. The van der Waals surface area contributed by atoms with Crippen LogP contribution >= 0.6 is 0 Å². The molecule has 0 radical (unpaired) electrons. The van der Waals surface area contributed by atoms with Gasteiger partial charge in [0.15, 0.2) is 0 Å². The van der Waals surface area contributed by atoms with Crippen LogP contribution in [0.25, 0.3) is 0 Å². The van der Waals surface area contributed by atoms with Crippen molar-refractivity contribution in [3.63, 3.8) is 0 Å². The number of carbonyl (C=O) groups excluding carboxylic acids is 1. The molecule has 1 fully saturated rings. The van der Waals surface area contributed by atoms with Crippen molar-refractivity contribution >= 4 is 11.7 Å². The topological polar surface area (TPSA) is 75.4 Å². The fourth-order valence-corrected chi connectivity index (χ4v) is 2.78. The Labute approximate surface area is 128 Å². The normalized spacial score (nSPS) is 17.7. The molecule has 3 rings (SSSR count). The van der Waals surface area contributed by atoms with Gasteiger partial charge in [-0.15, -0.1) is 0 Å². The smallest absolute Gasteiger partial charge is 0.242 e. The minimum atomic E-state index is 0.0141. The van der Waals surface area contributed by atoms with Crippen LogP contribution in [0.2, 0.25) is 0 Å². The number of likely N-dealkylation sites (tertiary alicyclic amines) is 1. The molecule has 0 bridgehead atoms. The highest BCUT2D eigenvalue weighted by Crippen LogP contribution is 2.31. The summed E-state index contributed by atoms with van der Waals surface area (Å²) in [5.74, 6) is 1.52. The van der Waals surface area contributed by atoms with E-state index in [9.17, 15) is 4.79 Å². The molecule has 0 saturated carbocycles. The summed E-state index contributed by atoms with van der Waals surface area (Å²) in [7, 11) is 1.84. The third-order valence-corrected chi connectivity index (χ3v) is 3.87. The van der Waals surface area contributed by atoms with E-state index >= 15 is 0 Å². The Bertz CT molecular complexity index is 642. The van der Waals surface area contributed by atoms with Gasteiger partial charge in [-0.05, 0) is 19.8 Å². The molecule has 2 aromatic rings. The van der Waals surface area contributed by atoms with Gasteiger partial charge in [0.2, 0.25) is 5.91 Å². The van der Waals surface area contributed by atoms with Crippen molar-refractivity contribution in [3.8, 4) is 0 Å². The molecule has 1 amide bonds. The molecule has 1 saturated heterocycles. The summed E-state index contributed by atoms with van der Waals surface area (Å²) in [6.45, 7) is 2.88. The summed E-state index contributed by atoms with van der Waals surface area (Å²) in [6.07, 6.45) is 6.79. The van der Waals surface area contributed by atoms with Crippen LogP contribution in [0.3, 0.4) is 0 Å². The average molecular weight is 301 g/mol. The predicted molar refractivity (Wildman–Crippen MR) is 80.2 cm³/mol. The Morgan fingerprint density at radius 3 is 3.05 bits per heavy atom. The van der Waals surface area contributed by atoms with Crippen LogP contribution in [0.1, 0.15) is 30.3 Å². The molecule has 22 heavy (non-hydrogen) atoms. The quantitative estimate of drug-likeness (QED) is 0.853. The van der Waals surface area contributed by atoms with Crippen molar-refractivity contribution in [1.82, 2.24) is 20.0 Å². The highest BCUT2D eigenvalue weighted by atomic mass is 16.5. The lowest BCUT2D eigenvalue weighted by molar-refractivity contribution is -0.130. The van der Waals surface area contributed by atoms with Crippen LogP contribution in [0.15, 0.2) is 29.2 Å². The monoisotopic (exact) mass is 301 g/mol. The van der Waals surface area contributed by atoms with E-state index in [0.29, 0.717) is 5.82 Å². The van der Waals surface area contributed by atoms with Crippen molar-refractivity contribution in [2.45, 2.75) is 25.8 Å². The van der Waals surface area contributed by atoms with Crippen LogP contribution < -0.4 is 4.90 Å². The molecular formula is C15H19N5O2. The van der Waals surface area contributed by atoms with Gasteiger partial charge >= 0.3 is 0 Å². The Morgan fingerprint density at radius 2 is 2.36 bits per heavy atom. The zero-order chi connectivity index (χ0) is 15.5. The lowest BCUT2D eigenvalue weighted by atomic mass is 10.1. The van der Waals surface area contributed by atoms with Gasteiger partial charge in [-0.25, -0.2) is 4.98 Å². The molecular weight excluding hydrogens is 282 g/mol. The zero-order valence-corrected chi connectivity index (χ0v) is 12.8. The molecule has 1 aliphatic heterocycles. The molecule has 1 aliphatic rings. The first-order valence-corrected chi connectivity index (χ1v) is 7.35. The van der Waals surface area contributed by atoms with E-state index in [1.165, 1.54) is 0 Å². The first-order valence-electron chi connectivity index (χ1n) is 7.35. The molecule has 0 unspecified atom stereocenters. The van der Waals surface area contributed by atoms with E-state index in [4.69, 9.17) is 4.52 Å². The molecule has 3 heterocycles. The van der Waals surface area contributed by atoms with Gasteiger partial charge in [-0.1, -0.05) is 5.16 Å². The number of nitrogens with zero attached hydrogens (tertiary/aromatic N) is 5. The van der Waals surface area contributed by atoms with Crippen molar-refractivity contribution < 1.29 is 9.32 Å². The Hall–Kier alpha value is -2.44. The molecule has 0 aromatic carbocycles. The van der Waals surface area contributed by atoms with Gasteiger partial charge in [0, 0.05) is 32.1 Å². The summed E-state index contributed by atoms with van der Waals surface area (Å²) in [6, 6.07) is 1.92. The largest absolute Gasteiger partial charge is 0.361 e. The van der Waals surface area contributed by atoms with E-state index in [1.807, 2.05) is 24.9 Å². The van der Waals surface area contributed by atoms with E-state index in [0.717, 1.165) is 30.8 Å². The first kappa shape index (κ1) is 14.5. The lowest BCUT2D eigenvalue weighted by Gasteiger charge is -2.26. The number of aromatic nitrogens is 3. The first-order chi connectivity index (χ1) is 10.6. The lowest BCUT2D eigenvalue weighted by Crippen LogP contribution is -2.39. The van der Waals surface area contributed by atoms with Gasteiger partial charge < -0.3 is 14.3 Å². The second kappa shape index (κ2) is 6.13. The molecule has 0 spiro atoms. The summed E-state index contributed by atoms with van der Waals surface area (Å²) in [5.41, 5.74) is 0.838. The van der Waals surface area contributed by atoms with Crippen molar-refractivity contribution in [1.29, 1.82) is 0 Å². The highest BCUT2D eigenvalue weighted by molar-refractivity contribution is 5.81. The van der Waals surface area contributed by atoms with Crippen LogP contribution in [-0.4, -0.2) is 46.1 Å². The van der Waals surface area contributed by atoms with Crippen LogP contribution in [0, 0.1) is 6.92 Å². The number of aryl methyl sites for hydroxylation is 1. The molecule has 7 heteroatoms. The van der Waals surface area contributed by atoms with Crippen molar-refractivity contribution in [2.24, 2.45) is 0 Å². The molecule has 116 valence electrons. The Kier molecular flexibility index (Phi) is 4.04. The van der Waals surface area contributed by atoms with Gasteiger partial charge in [0.1, 0.15) is 17.3 Å². The highest BCUT2D eigenvalue weighted by Gasteiger charge is 2.32. The van der Waals surface area contributed by atoms with Gasteiger partial charge in [-0.2, -0.15) is 0 Å². The van der Waals surface area contributed by atoms with Gasteiger partial charge in [0.05, 0.1) is 18.8 Å². The number of likely N-dealkylation sites (N-methyl/N-ethyl adjacent to an activating group) is 1. The summed E-state index contributed by atoms with van der Waals surface area (Å²) in [4.78, 5) is 24.5. The van der Waals surface area contributed by atoms with E-state index in [-0.39, 0.29) is 18.5 Å². The second-order valence-corrected chi connectivity index (χ2v) is 5.53. The fraction of sp³-hybridized carbons (Fsp3) is 0.467. The van der Waals surface area contributed by atoms with Crippen LogP contribution in [0.4, 0.5) is 5.82 Å². The summed E-state index contributed by atoms with van der Waals surface area (Å²) < 4.78 is 5.14. The average Bonchev–Trinajstić information content (AvgIpc) is 3.16. The number of anilines is 1. The summed E-state index contributed by atoms with van der Waals surface area (Å²) >= 11 is 0. The number of carbonyl (C=O) groups is 1. The fourth-order valence-electron chi connectivity index (χ4n) is 2.78. The number of hydrogen-bond donors (Lipinski definition) is 0. The Morgan fingerprint density at radius 1 is 1.50 bits per heavy atom. The molecule has 2 aromatic heterocycles. The number of hydrogen-bond acceptors (Lipinski definition) is 6. The van der Waals surface area contributed by atoms with Crippen LogP contribution in [-0.2, 0) is 4.79 Å². The standard InChI is InChI=1S/C15H19N5O2/c1-11-8-12(18-22-11)13-4-3-7-20(13)15(21)10-19(2)14-9-16-5-6-17-14/h5-6,8-9,13H,3-4,7,10H2,1-2H3/t13-/m0/s1. The third-order valence-electron chi connectivity index (χ3n) is 3.87. The third kappa shape index (κ3) is 2.93. The maximum absolute atomic E-state index is 12.6. The van der Waals surface area contributed by atoms with E-state index in [2.05, 4.69) is 15.1 Å². The molecule has 1 atom stereocenters. The van der Waals surface area contributed by atoms with E-state index < -0.39 is 0 Å². The zero-order valence-electron chi connectivity index (χ0n) is 12.8. The second-order valence-electron chi connectivity index (χ2n) is 5.53. The maximum atomic E-state index is 12.6. The van der Waals surface area contributed by atoms with Gasteiger partial charge in [0.25, 0.3) is 0 Å². The minimum Gasteiger partial charge on any atom is -0.361 e. The van der Waals surface area contributed by atoms with Crippen molar-refractivity contribution in [3.05, 3.63) is 36.1 Å². The molecule has 7 nitrogen and oxygen atoms in total. The molecule has 0 N–H and O–H groups in total. The van der Waals surface area contributed by atoms with E-state index in [1.54, 1.807) is 23.5 Å².